The molecule has 0 aromatic heterocycles. The highest BCUT2D eigenvalue weighted by Gasteiger charge is 2.13. The fourth-order valence-corrected chi connectivity index (χ4v) is 1.74. The standard InChI is InChI=1S/C15H15NO2/c1-18-15(17)12-16(13-8-4-2-5-9-13)14-10-6-3-7-11-14/h2-11H,12H2,1H3. The first kappa shape index (κ1) is 12.2. The molecule has 0 unspecified atom stereocenters. The molecular formula is C15H15NO2. The van der Waals surface area contributed by atoms with Crippen LogP contribution in [0.3, 0.4) is 0 Å². The Morgan fingerprint density at radius 2 is 1.39 bits per heavy atom. The Balaban J connectivity index is 2.32. The van der Waals surface area contributed by atoms with E-state index in [4.69, 9.17) is 4.74 Å². The Bertz CT molecular complexity index is 457. The Morgan fingerprint density at radius 1 is 0.944 bits per heavy atom. The van der Waals surface area contributed by atoms with Crippen LogP contribution in [0.4, 0.5) is 11.4 Å². The second-order valence-electron chi connectivity index (χ2n) is 3.83. The van der Waals surface area contributed by atoms with E-state index in [1.807, 2.05) is 65.6 Å². The van der Waals surface area contributed by atoms with E-state index in [0.29, 0.717) is 0 Å². The maximum absolute atomic E-state index is 11.5. The van der Waals surface area contributed by atoms with E-state index in [9.17, 15) is 4.79 Å². The van der Waals surface area contributed by atoms with Crippen LogP contribution in [0, 0.1) is 0 Å². The lowest BCUT2D eigenvalue weighted by Gasteiger charge is -2.23. The monoisotopic (exact) mass is 241 g/mol. The second kappa shape index (κ2) is 5.87. The van der Waals surface area contributed by atoms with Gasteiger partial charge in [-0.3, -0.25) is 4.79 Å². The summed E-state index contributed by atoms with van der Waals surface area (Å²) >= 11 is 0. The van der Waals surface area contributed by atoms with E-state index in [0.717, 1.165) is 11.4 Å². The first-order valence-corrected chi connectivity index (χ1v) is 5.75. The van der Waals surface area contributed by atoms with Crippen molar-refractivity contribution in [3.8, 4) is 0 Å². The van der Waals surface area contributed by atoms with E-state index >= 15 is 0 Å². The molecule has 0 aliphatic heterocycles. The molecular weight excluding hydrogens is 226 g/mol. The third-order valence-electron chi connectivity index (χ3n) is 2.65. The summed E-state index contributed by atoms with van der Waals surface area (Å²) in [5, 5.41) is 0. The van der Waals surface area contributed by atoms with Crippen LogP contribution in [0.1, 0.15) is 0 Å². The lowest BCUT2D eigenvalue weighted by atomic mass is 10.2. The third kappa shape index (κ3) is 2.88. The summed E-state index contributed by atoms with van der Waals surface area (Å²) in [4.78, 5) is 13.4. The van der Waals surface area contributed by atoms with Crippen molar-refractivity contribution in [2.45, 2.75) is 0 Å². The van der Waals surface area contributed by atoms with E-state index < -0.39 is 0 Å². The largest absolute Gasteiger partial charge is 0.468 e. The van der Waals surface area contributed by atoms with Crippen LogP contribution in [0.2, 0.25) is 0 Å². The van der Waals surface area contributed by atoms with Gasteiger partial charge in [0.2, 0.25) is 0 Å². The highest BCUT2D eigenvalue weighted by atomic mass is 16.5. The number of carbonyl (C=O) groups is 1. The average Bonchev–Trinajstić information content (AvgIpc) is 2.46. The third-order valence-corrected chi connectivity index (χ3v) is 2.65. The van der Waals surface area contributed by atoms with Gasteiger partial charge in [0.1, 0.15) is 6.54 Å². The predicted octanol–water partition coefficient (Wildman–Crippen LogP) is 3.00. The summed E-state index contributed by atoms with van der Waals surface area (Å²) in [5.74, 6) is -0.261. The molecule has 0 atom stereocenters. The SMILES string of the molecule is COC(=O)CN(c1ccccc1)c1ccccc1. The van der Waals surface area contributed by atoms with Gasteiger partial charge in [0.05, 0.1) is 7.11 Å². The maximum Gasteiger partial charge on any atom is 0.325 e. The summed E-state index contributed by atoms with van der Waals surface area (Å²) < 4.78 is 4.74. The molecule has 3 nitrogen and oxygen atoms in total. The van der Waals surface area contributed by atoms with Gasteiger partial charge in [0, 0.05) is 11.4 Å². The normalized spacial score (nSPS) is 9.83. The molecule has 3 heteroatoms. The molecule has 0 N–H and O–H groups in total. The number of methoxy groups -OCH3 is 1. The fourth-order valence-electron chi connectivity index (χ4n) is 1.74. The van der Waals surface area contributed by atoms with Gasteiger partial charge in [-0.1, -0.05) is 36.4 Å². The number of rotatable bonds is 4. The molecule has 2 aromatic rings. The Morgan fingerprint density at radius 3 is 1.78 bits per heavy atom. The summed E-state index contributed by atoms with van der Waals surface area (Å²) in [7, 11) is 1.40. The zero-order valence-corrected chi connectivity index (χ0v) is 10.2. The number of nitrogens with zero attached hydrogens (tertiary/aromatic N) is 1. The molecule has 0 bridgehead atoms. The second-order valence-corrected chi connectivity index (χ2v) is 3.83. The summed E-state index contributed by atoms with van der Waals surface area (Å²) in [6.45, 7) is 0.199. The molecule has 0 aliphatic rings. The number of esters is 1. The van der Waals surface area contributed by atoms with E-state index in [2.05, 4.69) is 0 Å². The molecule has 0 amide bonds. The molecule has 18 heavy (non-hydrogen) atoms. The molecule has 0 radical (unpaired) electrons. The minimum Gasteiger partial charge on any atom is -0.468 e. The molecule has 0 heterocycles. The molecule has 2 rings (SSSR count). The molecule has 2 aromatic carbocycles. The number of hydrogen-bond acceptors (Lipinski definition) is 3. The van der Waals surface area contributed by atoms with Crippen LogP contribution >= 0.6 is 0 Å². The van der Waals surface area contributed by atoms with Gasteiger partial charge < -0.3 is 9.64 Å². The average molecular weight is 241 g/mol. The highest BCUT2D eigenvalue weighted by molar-refractivity contribution is 5.79. The Labute approximate surface area is 107 Å². The summed E-state index contributed by atoms with van der Waals surface area (Å²) in [6, 6.07) is 19.6. The van der Waals surface area contributed by atoms with Crippen LogP contribution in [0.5, 0.6) is 0 Å². The van der Waals surface area contributed by atoms with E-state index in [-0.39, 0.29) is 12.5 Å². The number of para-hydroxylation sites is 2. The molecule has 0 fully saturated rings. The maximum atomic E-state index is 11.5. The quantitative estimate of drug-likeness (QED) is 0.771. The van der Waals surface area contributed by atoms with Gasteiger partial charge in [-0.15, -0.1) is 0 Å². The van der Waals surface area contributed by atoms with Crippen LogP contribution in [0.15, 0.2) is 60.7 Å². The lowest BCUT2D eigenvalue weighted by molar-refractivity contribution is -0.138. The smallest absolute Gasteiger partial charge is 0.325 e. The van der Waals surface area contributed by atoms with Crippen molar-refractivity contribution in [3.05, 3.63) is 60.7 Å². The number of benzene rings is 2. The Hall–Kier alpha value is -2.29. The van der Waals surface area contributed by atoms with Crippen molar-refractivity contribution in [3.63, 3.8) is 0 Å². The van der Waals surface area contributed by atoms with Crippen LogP contribution in [0.25, 0.3) is 0 Å². The van der Waals surface area contributed by atoms with Crippen molar-refractivity contribution in [1.82, 2.24) is 0 Å². The van der Waals surface area contributed by atoms with Gasteiger partial charge in [-0.2, -0.15) is 0 Å². The molecule has 0 saturated heterocycles. The van der Waals surface area contributed by atoms with Crippen LogP contribution in [-0.2, 0) is 9.53 Å². The molecule has 0 saturated carbocycles. The lowest BCUT2D eigenvalue weighted by Crippen LogP contribution is -2.26. The zero-order chi connectivity index (χ0) is 12.8. The van der Waals surface area contributed by atoms with Crippen molar-refractivity contribution in [1.29, 1.82) is 0 Å². The summed E-state index contributed by atoms with van der Waals surface area (Å²) in [6.07, 6.45) is 0. The van der Waals surface area contributed by atoms with Crippen molar-refractivity contribution in [2.75, 3.05) is 18.6 Å². The highest BCUT2D eigenvalue weighted by Crippen LogP contribution is 2.24. The van der Waals surface area contributed by atoms with Crippen LogP contribution in [-0.4, -0.2) is 19.6 Å². The minimum absolute atomic E-state index is 0.199. The van der Waals surface area contributed by atoms with E-state index in [1.165, 1.54) is 7.11 Å². The number of anilines is 2. The minimum atomic E-state index is -0.261. The van der Waals surface area contributed by atoms with Crippen molar-refractivity contribution in [2.24, 2.45) is 0 Å². The number of hydrogen-bond donors (Lipinski definition) is 0. The van der Waals surface area contributed by atoms with E-state index in [1.54, 1.807) is 0 Å². The van der Waals surface area contributed by atoms with Crippen LogP contribution < -0.4 is 4.90 Å². The van der Waals surface area contributed by atoms with Gasteiger partial charge in [-0.05, 0) is 24.3 Å². The fraction of sp³-hybridized carbons (Fsp3) is 0.133. The summed E-state index contributed by atoms with van der Waals surface area (Å²) in [5.41, 5.74) is 1.93. The van der Waals surface area contributed by atoms with Gasteiger partial charge in [-0.25, -0.2) is 0 Å². The van der Waals surface area contributed by atoms with Crippen molar-refractivity contribution < 1.29 is 9.53 Å². The molecule has 92 valence electrons. The topological polar surface area (TPSA) is 29.5 Å². The van der Waals surface area contributed by atoms with Gasteiger partial charge in [0.25, 0.3) is 0 Å². The zero-order valence-electron chi connectivity index (χ0n) is 10.2. The number of ether oxygens (including phenoxy) is 1. The molecule has 0 aliphatic carbocycles. The first-order valence-electron chi connectivity index (χ1n) is 5.75. The Kier molecular flexibility index (Phi) is 3.97. The first-order chi connectivity index (χ1) is 8.81. The predicted molar refractivity (Wildman–Crippen MR) is 71.9 cm³/mol. The number of carbonyl (C=O) groups excluding carboxylic acids is 1. The van der Waals surface area contributed by atoms with Crippen molar-refractivity contribution >= 4 is 17.3 Å². The van der Waals surface area contributed by atoms with Gasteiger partial charge in [0.15, 0.2) is 0 Å². The molecule has 0 spiro atoms. The van der Waals surface area contributed by atoms with Gasteiger partial charge >= 0.3 is 5.97 Å².